The van der Waals surface area contributed by atoms with Crippen LogP contribution in [0.5, 0.6) is 17.2 Å². The fourth-order valence-electron chi connectivity index (χ4n) is 2.88. The number of aryl methyl sites for hydroxylation is 1. The molecule has 0 aliphatic carbocycles. The highest BCUT2D eigenvalue weighted by Crippen LogP contribution is 2.39. The number of rotatable bonds is 8. The predicted octanol–water partition coefficient (Wildman–Crippen LogP) is 4.89. The van der Waals surface area contributed by atoms with Gasteiger partial charge < -0.3 is 14.2 Å². The number of hydrogen-bond donors (Lipinski definition) is 0. The Kier molecular flexibility index (Phi) is 7.66. The summed E-state index contributed by atoms with van der Waals surface area (Å²) in [6, 6.07) is 11.1. The first-order chi connectivity index (χ1) is 14.9. The number of carbonyl (C=O) groups is 2. The number of hydrogen-bond acceptors (Lipinski definition) is 6. The molecule has 0 bridgehead atoms. The summed E-state index contributed by atoms with van der Waals surface area (Å²) in [4.78, 5) is 26.6. The van der Waals surface area contributed by atoms with Crippen LogP contribution < -0.4 is 14.2 Å². The number of ether oxygens (including phenoxy) is 3. The van der Waals surface area contributed by atoms with Gasteiger partial charge in [0, 0.05) is 0 Å². The van der Waals surface area contributed by atoms with E-state index in [4.69, 9.17) is 20.6 Å². The average Bonchev–Trinajstić information content (AvgIpc) is 3.00. The smallest absolute Gasteiger partial charge is 0.293 e. The van der Waals surface area contributed by atoms with Gasteiger partial charge in [-0.2, -0.15) is 0 Å². The van der Waals surface area contributed by atoms with E-state index >= 15 is 0 Å². The maximum absolute atomic E-state index is 12.7. The van der Waals surface area contributed by atoms with Gasteiger partial charge in [0.1, 0.15) is 19.0 Å². The van der Waals surface area contributed by atoms with Gasteiger partial charge in [-0.25, -0.2) is 0 Å². The molecule has 8 heteroatoms. The third-order valence-corrected chi connectivity index (χ3v) is 5.79. The summed E-state index contributed by atoms with van der Waals surface area (Å²) in [5.74, 6) is 3.68. The fourth-order valence-corrected chi connectivity index (χ4v) is 4.32. The highest BCUT2D eigenvalue weighted by atomic mass is 79.9. The van der Waals surface area contributed by atoms with E-state index < -0.39 is 0 Å². The first-order valence-corrected chi connectivity index (χ1v) is 10.9. The highest BCUT2D eigenvalue weighted by Gasteiger charge is 2.34. The van der Waals surface area contributed by atoms with Crippen LogP contribution in [0, 0.1) is 19.3 Å². The molecule has 0 atom stereocenters. The molecule has 1 heterocycles. The van der Waals surface area contributed by atoms with Crippen LogP contribution in [0.15, 0.2) is 45.8 Å². The summed E-state index contributed by atoms with van der Waals surface area (Å²) >= 11 is 4.32. The molecule has 0 radical (unpaired) electrons. The van der Waals surface area contributed by atoms with Crippen molar-refractivity contribution < 1.29 is 23.8 Å². The van der Waals surface area contributed by atoms with E-state index in [1.165, 1.54) is 12.0 Å². The molecule has 1 aliphatic rings. The number of methoxy groups -OCH3 is 1. The first-order valence-electron chi connectivity index (χ1n) is 9.31. The summed E-state index contributed by atoms with van der Waals surface area (Å²) in [5.41, 5.74) is 1.75. The first kappa shape index (κ1) is 22.8. The van der Waals surface area contributed by atoms with Gasteiger partial charge in [-0.3, -0.25) is 14.5 Å². The lowest BCUT2D eigenvalue weighted by molar-refractivity contribution is -0.123. The minimum absolute atomic E-state index is 0.0951. The quantitative estimate of drug-likeness (QED) is 0.378. The molecule has 0 N–H and O–H groups in total. The molecule has 1 aliphatic heterocycles. The molecule has 2 aromatic carbocycles. The van der Waals surface area contributed by atoms with Crippen LogP contribution in [-0.4, -0.2) is 42.9 Å². The van der Waals surface area contributed by atoms with Crippen molar-refractivity contribution in [2.24, 2.45) is 0 Å². The van der Waals surface area contributed by atoms with Crippen molar-refractivity contribution in [1.29, 1.82) is 0 Å². The van der Waals surface area contributed by atoms with Crippen LogP contribution in [0.1, 0.15) is 11.1 Å². The van der Waals surface area contributed by atoms with Crippen LogP contribution in [0.4, 0.5) is 4.79 Å². The van der Waals surface area contributed by atoms with Gasteiger partial charge in [0.25, 0.3) is 11.1 Å². The van der Waals surface area contributed by atoms with Crippen LogP contribution in [0.25, 0.3) is 6.08 Å². The van der Waals surface area contributed by atoms with E-state index in [1.54, 1.807) is 18.2 Å². The number of benzene rings is 2. The zero-order valence-electron chi connectivity index (χ0n) is 17.0. The van der Waals surface area contributed by atoms with Gasteiger partial charge in [-0.15, -0.1) is 6.42 Å². The fraction of sp³-hybridized carbons (Fsp3) is 0.217. The largest absolute Gasteiger partial charge is 0.493 e. The predicted molar refractivity (Wildman–Crippen MR) is 124 cm³/mol. The Hall–Kier alpha value is -2.89. The van der Waals surface area contributed by atoms with Crippen molar-refractivity contribution in [1.82, 2.24) is 4.90 Å². The topological polar surface area (TPSA) is 65.1 Å². The number of amides is 2. The lowest BCUT2D eigenvalue weighted by Crippen LogP contribution is -2.32. The molecular weight excluding hydrogens is 482 g/mol. The van der Waals surface area contributed by atoms with E-state index in [2.05, 4.69) is 21.9 Å². The van der Waals surface area contributed by atoms with E-state index in [0.29, 0.717) is 32.2 Å². The van der Waals surface area contributed by atoms with Crippen LogP contribution >= 0.6 is 27.7 Å². The summed E-state index contributed by atoms with van der Waals surface area (Å²) in [7, 11) is 1.51. The molecule has 0 spiro atoms. The van der Waals surface area contributed by atoms with Gasteiger partial charge in [0.2, 0.25) is 0 Å². The monoisotopic (exact) mass is 501 g/mol. The number of terminal acetylenes is 1. The van der Waals surface area contributed by atoms with Crippen LogP contribution in [-0.2, 0) is 4.79 Å². The summed E-state index contributed by atoms with van der Waals surface area (Å²) in [6.07, 6.45) is 6.89. The molecule has 0 aromatic heterocycles. The molecule has 0 saturated carbocycles. The lowest BCUT2D eigenvalue weighted by atomic mass is 10.2. The minimum atomic E-state index is -0.356. The second kappa shape index (κ2) is 10.4. The number of thioether (sulfide) groups is 1. The third-order valence-electron chi connectivity index (χ3n) is 4.30. The maximum Gasteiger partial charge on any atom is 0.293 e. The second-order valence-corrected chi connectivity index (χ2v) is 8.37. The van der Waals surface area contributed by atoms with Crippen molar-refractivity contribution in [2.45, 2.75) is 6.92 Å². The standard InChI is InChI=1S/C23H20BrNO5S/c1-4-9-30-21-18(24)12-16(13-19(21)28-3)14-20-22(26)25(23(27)31-20)8-10-29-17-7-5-6-15(2)11-17/h1,5-7,11-14H,8-10H2,2-3H3/b20-14-. The van der Waals surface area contributed by atoms with Crippen molar-refractivity contribution in [3.8, 4) is 29.6 Å². The van der Waals surface area contributed by atoms with E-state index in [0.717, 1.165) is 17.3 Å². The second-order valence-electron chi connectivity index (χ2n) is 6.53. The van der Waals surface area contributed by atoms with Crippen molar-refractivity contribution in [3.05, 3.63) is 56.9 Å². The molecule has 3 rings (SSSR count). The van der Waals surface area contributed by atoms with Gasteiger partial charge in [0.15, 0.2) is 11.5 Å². The normalized spacial score (nSPS) is 14.6. The molecule has 0 unspecified atom stereocenters. The van der Waals surface area contributed by atoms with Crippen molar-refractivity contribution >= 4 is 44.9 Å². The van der Waals surface area contributed by atoms with E-state index in [-0.39, 0.29) is 30.9 Å². The molecule has 1 saturated heterocycles. The van der Waals surface area contributed by atoms with Gasteiger partial charge in [0.05, 0.1) is 23.0 Å². The van der Waals surface area contributed by atoms with Crippen molar-refractivity contribution in [3.63, 3.8) is 0 Å². The Morgan fingerprint density at radius 2 is 2.03 bits per heavy atom. The zero-order valence-corrected chi connectivity index (χ0v) is 19.4. The lowest BCUT2D eigenvalue weighted by Gasteiger charge is -2.13. The minimum Gasteiger partial charge on any atom is -0.493 e. The van der Waals surface area contributed by atoms with Crippen molar-refractivity contribution in [2.75, 3.05) is 26.9 Å². The molecule has 2 amide bonds. The molecule has 6 nitrogen and oxygen atoms in total. The van der Waals surface area contributed by atoms with E-state index in [9.17, 15) is 9.59 Å². The number of halogens is 1. The molecule has 2 aromatic rings. The Bertz CT molecular complexity index is 1080. The Balaban J connectivity index is 1.71. The molecular formula is C23H20BrNO5S. The highest BCUT2D eigenvalue weighted by molar-refractivity contribution is 9.10. The molecule has 31 heavy (non-hydrogen) atoms. The average molecular weight is 502 g/mol. The SMILES string of the molecule is C#CCOc1c(Br)cc(/C=C2\SC(=O)N(CCOc3cccc(C)c3)C2=O)cc1OC. The Morgan fingerprint density at radius 3 is 2.74 bits per heavy atom. The third kappa shape index (κ3) is 5.63. The zero-order chi connectivity index (χ0) is 22.4. The van der Waals surface area contributed by atoms with Gasteiger partial charge in [-0.1, -0.05) is 18.1 Å². The number of carbonyl (C=O) groups excluding carboxylic acids is 2. The number of imide groups is 1. The Labute approximate surface area is 193 Å². The summed E-state index contributed by atoms with van der Waals surface area (Å²) in [5, 5.41) is -0.330. The maximum atomic E-state index is 12.7. The summed E-state index contributed by atoms with van der Waals surface area (Å²) in [6.45, 7) is 2.45. The van der Waals surface area contributed by atoms with Gasteiger partial charge >= 0.3 is 0 Å². The van der Waals surface area contributed by atoms with Crippen LogP contribution in [0.3, 0.4) is 0 Å². The van der Waals surface area contributed by atoms with Gasteiger partial charge in [-0.05, 0) is 76.1 Å². The number of nitrogens with zero attached hydrogens (tertiary/aromatic N) is 1. The summed E-state index contributed by atoms with van der Waals surface area (Å²) < 4.78 is 17.2. The molecule has 160 valence electrons. The Morgan fingerprint density at radius 1 is 1.23 bits per heavy atom. The molecule has 1 fully saturated rings. The van der Waals surface area contributed by atoms with E-state index in [1.807, 2.05) is 31.2 Å². The van der Waals surface area contributed by atoms with Crippen LogP contribution in [0.2, 0.25) is 0 Å².